The molecular formula is C30H39NO6. The molecule has 3 aliphatic rings. The van der Waals surface area contributed by atoms with E-state index in [1.165, 1.54) is 6.08 Å². The molecule has 0 aromatic carbocycles. The molecule has 0 aliphatic heterocycles. The molecule has 0 radical (unpaired) electrons. The van der Waals surface area contributed by atoms with Gasteiger partial charge in [0, 0.05) is 41.6 Å². The molecule has 200 valence electrons. The number of carbonyl (C=O) groups is 3. The minimum absolute atomic E-state index is 0.0939. The van der Waals surface area contributed by atoms with Gasteiger partial charge in [0.1, 0.15) is 11.9 Å². The van der Waals surface area contributed by atoms with Gasteiger partial charge in [0.05, 0.1) is 6.10 Å². The minimum atomic E-state index is -0.728. The maximum Gasteiger partial charge on any atom is 0.344 e. The zero-order valence-corrected chi connectivity index (χ0v) is 22.3. The van der Waals surface area contributed by atoms with Crippen LogP contribution in [0.15, 0.2) is 43.3 Å². The molecule has 3 aliphatic carbocycles. The van der Waals surface area contributed by atoms with Gasteiger partial charge < -0.3 is 14.6 Å². The Kier molecular flexibility index (Phi) is 7.48. The van der Waals surface area contributed by atoms with Gasteiger partial charge in [-0.05, 0) is 66.7 Å². The fourth-order valence-corrected chi connectivity index (χ4v) is 7.51. The number of rotatable bonds is 6. The third-order valence-electron chi connectivity index (χ3n) is 10.0. The predicted molar refractivity (Wildman–Crippen MR) is 139 cm³/mol. The molecule has 8 atom stereocenters. The van der Waals surface area contributed by atoms with Crippen molar-refractivity contribution < 1.29 is 29.0 Å². The van der Waals surface area contributed by atoms with Crippen LogP contribution in [0.5, 0.6) is 0 Å². The zero-order valence-electron chi connectivity index (χ0n) is 22.3. The van der Waals surface area contributed by atoms with Gasteiger partial charge in [0.15, 0.2) is 6.61 Å². The number of aliphatic hydroxyl groups is 1. The first-order valence-electron chi connectivity index (χ1n) is 13.3. The highest BCUT2D eigenvalue weighted by atomic mass is 16.6. The van der Waals surface area contributed by atoms with Crippen LogP contribution in [0.3, 0.4) is 0 Å². The van der Waals surface area contributed by atoms with Crippen molar-refractivity contribution in [3.05, 3.63) is 48.8 Å². The third kappa shape index (κ3) is 4.67. The average molecular weight is 510 g/mol. The Labute approximate surface area is 219 Å². The summed E-state index contributed by atoms with van der Waals surface area (Å²) in [4.78, 5) is 42.6. The van der Waals surface area contributed by atoms with E-state index in [0.29, 0.717) is 12.8 Å². The van der Waals surface area contributed by atoms with Gasteiger partial charge in [-0.3, -0.25) is 9.78 Å². The quantitative estimate of drug-likeness (QED) is 0.341. The van der Waals surface area contributed by atoms with Crippen LogP contribution in [-0.2, 0) is 23.9 Å². The number of ether oxygens (including phenoxy) is 2. The molecule has 1 heterocycles. The smallest absolute Gasteiger partial charge is 0.344 e. The van der Waals surface area contributed by atoms with E-state index in [2.05, 4.69) is 32.3 Å². The summed E-state index contributed by atoms with van der Waals surface area (Å²) >= 11 is 0. The number of carbonyl (C=O) groups excluding carboxylic acids is 3. The van der Waals surface area contributed by atoms with Crippen LogP contribution in [0, 0.1) is 34.0 Å². The number of esters is 2. The zero-order chi connectivity index (χ0) is 27.0. The second kappa shape index (κ2) is 10.2. The molecule has 7 nitrogen and oxygen atoms in total. The Morgan fingerprint density at radius 1 is 1.22 bits per heavy atom. The number of ketones is 1. The first kappa shape index (κ1) is 27.2. The molecule has 0 spiro atoms. The molecule has 4 rings (SSSR count). The van der Waals surface area contributed by atoms with Crippen LogP contribution in [0.4, 0.5) is 0 Å². The number of Topliss-reactive ketones (excluding diaryl/α,β-unsaturated/α-hetero) is 1. The van der Waals surface area contributed by atoms with Crippen molar-refractivity contribution in [2.75, 3.05) is 6.61 Å². The maximum atomic E-state index is 13.4. The highest BCUT2D eigenvalue weighted by Crippen LogP contribution is 2.67. The molecule has 3 fully saturated rings. The predicted octanol–water partition coefficient (Wildman–Crippen LogP) is 4.54. The Morgan fingerprint density at radius 2 is 1.92 bits per heavy atom. The normalized spacial score (nSPS) is 39.4. The number of nitrogens with zero attached hydrogens (tertiary/aromatic N) is 1. The molecular weight excluding hydrogens is 470 g/mol. The van der Waals surface area contributed by atoms with E-state index in [-0.39, 0.29) is 29.0 Å². The topological polar surface area (TPSA) is 103 Å². The van der Waals surface area contributed by atoms with Gasteiger partial charge in [-0.1, -0.05) is 33.8 Å². The van der Waals surface area contributed by atoms with Crippen molar-refractivity contribution >= 4 is 23.8 Å². The van der Waals surface area contributed by atoms with Crippen molar-refractivity contribution in [1.82, 2.24) is 4.98 Å². The monoisotopic (exact) mass is 509 g/mol. The van der Waals surface area contributed by atoms with Crippen molar-refractivity contribution in [3.8, 4) is 0 Å². The second-order valence-corrected chi connectivity index (χ2v) is 11.8. The Morgan fingerprint density at radius 3 is 2.59 bits per heavy atom. The number of pyridine rings is 1. The molecule has 2 bridgehead atoms. The van der Waals surface area contributed by atoms with E-state index in [1.807, 2.05) is 6.92 Å². The summed E-state index contributed by atoms with van der Waals surface area (Å²) in [5.41, 5.74) is -0.872. The summed E-state index contributed by atoms with van der Waals surface area (Å²) in [6, 6.07) is 3.49. The van der Waals surface area contributed by atoms with E-state index < -0.39 is 41.6 Å². The number of hydrogen-bond acceptors (Lipinski definition) is 7. The van der Waals surface area contributed by atoms with Crippen molar-refractivity contribution in [2.24, 2.45) is 34.0 Å². The Balaban J connectivity index is 1.57. The summed E-state index contributed by atoms with van der Waals surface area (Å²) in [6.07, 6.45) is 9.78. The van der Waals surface area contributed by atoms with Crippen LogP contribution >= 0.6 is 0 Å². The van der Waals surface area contributed by atoms with Crippen LogP contribution < -0.4 is 0 Å². The fourth-order valence-electron chi connectivity index (χ4n) is 7.51. The first-order chi connectivity index (χ1) is 17.5. The van der Waals surface area contributed by atoms with E-state index in [1.54, 1.807) is 36.7 Å². The van der Waals surface area contributed by atoms with Gasteiger partial charge in [-0.15, -0.1) is 6.58 Å². The lowest BCUT2D eigenvalue weighted by atomic mass is 9.44. The van der Waals surface area contributed by atoms with E-state index in [0.717, 1.165) is 24.8 Å². The molecule has 1 aromatic rings. The summed E-state index contributed by atoms with van der Waals surface area (Å²) in [7, 11) is 0. The largest absolute Gasteiger partial charge is 0.459 e. The summed E-state index contributed by atoms with van der Waals surface area (Å²) in [5, 5.41) is 11.6. The lowest BCUT2D eigenvalue weighted by Gasteiger charge is -2.61. The number of aromatic nitrogens is 1. The van der Waals surface area contributed by atoms with Gasteiger partial charge in [0.25, 0.3) is 0 Å². The first-order valence-corrected chi connectivity index (χ1v) is 13.3. The number of hydrogen-bond donors (Lipinski definition) is 1. The Bertz CT molecular complexity index is 1080. The van der Waals surface area contributed by atoms with E-state index in [4.69, 9.17) is 9.47 Å². The minimum Gasteiger partial charge on any atom is -0.459 e. The molecule has 3 saturated carbocycles. The molecule has 0 saturated heterocycles. The highest BCUT2D eigenvalue weighted by Gasteiger charge is 2.68. The van der Waals surface area contributed by atoms with Crippen LogP contribution in [-0.4, -0.2) is 46.6 Å². The second-order valence-electron chi connectivity index (χ2n) is 11.8. The van der Waals surface area contributed by atoms with Gasteiger partial charge in [-0.25, -0.2) is 9.59 Å². The van der Waals surface area contributed by atoms with Gasteiger partial charge in [-0.2, -0.15) is 0 Å². The molecule has 7 heteroatoms. The van der Waals surface area contributed by atoms with E-state index >= 15 is 0 Å². The molecule has 1 aromatic heterocycles. The summed E-state index contributed by atoms with van der Waals surface area (Å²) in [5.74, 6) is -1.39. The standard InChI is InChI=1S/C30H39NO6/c1-6-28(4)17-23(37-25(34)18-36-24(33)8-7-21-11-15-31-16-12-21)29(5)19(2)9-13-30(20(3)27(28)35)14-10-22(32)26(29)30/h6-8,11-12,15-16,19-20,23,26-27,35H,1,9-10,13-14,17-18H2,2-5H3/b8-7+/t19-,20+,23-,26+,27+,28-,29+,30+/m1/s1. The van der Waals surface area contributed by atoms with Crippen molar-refractivity contribution in [1.29, 1.82) is 0 Å². The summed E-state index contributed by atoms with van der Waals surface area (Å²) < 4.78 is 11.2. The maximum absolute atomic E-state index is 13.4. The van der Waals surface area contributed by atoms with Crippen molar-refractivity contribution in [2.45, 2.75) is 72.0 Å². The summed E-state index contributed by atoms with van der Waals surface area (Å²) in [6.45, 7) is 11.7. The van der Waals surface area contributed by atoms with Crippen LogP contribution in [0.1, 0.15) is 65.4 Å². The third-order valence-corrected chi connectivity index (χ3v) is 10.0. The Hall–Kier alpha value is -2.80. The van der Waals surface area contributed by atoms with Crippen LogP contribution in [0.2, 0.25) is 0 Å². The lowest BCUT2D eigenvalue weighted by molar-refractivity contribution is -0.208. The number of aliphatic hydroxyl groups excluding tert-OH is 1. The molecule has 1 N–H and O–H groups in total. The molecule has 37 heavy (non-hydrogen) atoms. The van der Waals surface area contributed by atoms with E-state index in [9.17, 15) is 19.5 Å². The lowest BCUT2D eigenvalue weighted by Crippen LogP contribution is -2.63. The molecule has 0 unspecified atom stereocenters. The highest BCUT2D eigenvalue weighted by molar-refractivity contribution is 5.88. The van der Waals surface area contributed by atoms with Gasteiger partial charge in [0.2, 0.25) is 0 Å². The van der Waals surface area contributed by atoms with Gasteiger partial charge >= 0.3 is 11.9 Å². The SMILES string of the molecule is C=C[C@]1(C)C[C@@H](OC(=O)COC(=O)/C=C/c2ccncc2)[C@]2(C)[C@H](C)CC[C@]3(CCC(=O)[C@H]32)[C@@H](C)[C@@H]1O. The fraction of sp³-hybridized carbons (Fsp3) is 0.600. The average Bonchev–Trinajstić information content (AvgIpc) is 3.25. The van der Waals surface area contributed by atoms with Crippen molar-refractivity contribution in [3.63, 3.8) is 0 Å². The molecule has 0 amide bonds. The van der Waals surface area contributed by atoms with Crippen LogP contribution in [0.25, 0.3) is 6.08 Å².